The van der Waals surface area contributed by atoms with Crippen LogP contribution in [0.1, 0.15) is 20.8 Å². The second-order valence-corrected chi connectivity index (χ2v) is 5.30. The summed E-state index contributed by atoms with van der Waals surface area (Å²) in [6.07, 6.45) is 0. The van der Waals surface area contributed by atoms with Crippen LogP contribution in [0.4, 0.5) is 5.69 Å². The van der Waals surface area contributed by atoms with Gasteiger partial charge in [-0.1, -0.05) is 26.0 Å². The minimum Gasteiger partial charge on any atom is -0.495 e. The highest BCUT2D eigenvalue weighted by molar-refractivity contribution is 6.09. The molecule has 20 heavy (non-hydrogen) atoms. The molecule has 0 radical (unpaired) electrons. The van der Waals surface area contributed by atoms with Gasteiger partial charge in [-0.05, 0) is 25.0 Å². The van der Waals surface area contributed by atoms with Crippen LogP contribution in [-0.4, -0.2) is 31.0 Å². The molecule has 108 valence electrons. The Bertz CT molecular complexity index is 528. The molecule has 1 aliphatic rings. The van der Waals surface area contributed by atoms with Gasteiger partial charge in [0.2, 0.25) is 11.8 Å². The molecular weight excluding hydrogens is 256 g/mol. The van der Waals surface area contributed by atoms with Crippen LogP contribution in [0, 0.1) is 5.92 Å². The maximum atomic E-state index is 12.5. The zero-order chi connectivity index (χ0) is 14.9. The number of carbonyl (C=O) groups is 2. The van der Waals surface area contributed by atoms with E-state index in [9.17, 15) is 9.59 Å². The zero-order valence-corrected chi connectivity index (χ0v) is 12.2. The van der Waals surface area contributed by atoms with Crippen molar-refractivity contribution in [3.8, 4) is 5.75 Å². The predicted molar refractivity (Wildman–Crippen MR) is 76.7 cm³/mol. The molecule has 5 heteroatoms. The summed E-state index contributed by atoms with van der Waals surface area (Å²) in [5.74, 6) is 0.357. The summed E-state index contributed by atoms with van der Waals surface area (Å²) in [5, 5.41) is 2.73. The van der Waals surface area contributed by atoms with E-state index in [4.69, 9.17) is 4.74 Å². The summed E-state index contributed by atoms with van der Waals surface area (Å²) in [4.78, 5) is 26.3. The Labute approximate surface area is 118 Å². The van der Waals surface area contributed by atoms with Crippen molar-refractivity contribution in [2.45, 2.75) is 32.9 Å². The van der Waals surface area contributed by atoms with Crippen molar-refractivity contribution in [2.75, 3.05) is 12.0 Å². The SMILES string of the molecule is COc1ccccc1N1C(=O)C(C)NC(=O)C1C(C)C. The molecule has 1 heterocycles. The van der Waals surface area contributed by atoms with Crippen LogP contribution in [0.25, 0.3) is 0 Å². The summed E-state index contributed by atoms with van der Waals surface area (Å²) in [6, 6.07) is 6.22. The number of amides is 2. The summed E-state index contributed by atoms with van der Waals surface area (Å²) < 4.78 is 5.32. The van der Waals surface area contributed by atoms with Crippen LogP contribution < -0.4 is 15.0 Å². The van der Waals surface area contributed by atoms with Gasteiger partial charge >= 0.3 is 0 Å². The molecule has 0 spiro atoms. The molecule has 0 aromatic heterocycles. The van der Waals surface area contributed by atoms with Crippen LogP contribution in [0.5, 0.6) is 5.75 Å². The first-order valence-corrected chi connectivity index (χ1v) is 6.73. The van der Waals surface area contributed by atoms with Crippen LogP contribution >= 0.6 is 0 Å². The molecule has 5 nitrogen and oxygen atoms in total. The number of rotatable bonds is 3. The Kier molecular flexibility index (Phi) is 3.97. The van der Waals surface area contributed by atoms with E-state index in [1.54, 1.807) is 31.1 Å². The fourth-order valence-corrected chi connectivity index (χ4v) is 2.52. The predicted octanol–water partition coefficient (Wildman–Crippen LogP) is 1.57. The van der Waals surface area contributed by atoms with Gasteiger partial charge in [0.25, 0.3) is 0 Å². The van der Waals surface area contributed by atoms with Crippen LogP contribution in [0.15, 0.2) is 24.3 Å². The molecule has 0 saturated carbocycles. The van der Waals surface area contributed by atoms with Gasteiger partial charge in [-0.15, -0.1) is 0 Å². The molecule has 2 unspecified atom stereocenters. The summed E-state index contributed by atoms with van der Waals surface area (Å²) >= 11 is 0. The number of methoxy groups -OCH3 is 1. The number of benzene rings is 1. The summed E-state index contributed by atoms with van der Waals surface area (Å²) in [5.41, 5.74) is 0.639. The highest BCUT2D eigenvalue weighted by Gasteiger charge is 2.41. The summed E-state index contributed by atoms with van der Waals surface area (Å²) in [6.45, 7) is 5.55. The lowest BCUT2D eigenvalue weighted by molar-refractivity contribution is -0.134. The average molecular weight is 276 g/mol. The van der Waals surface area contributed by atoms with Gasteiger partial charge in [0, 0.05) is 0 Å². The molecule has 1 N–H and O–H groups in total. The summed E-state index contributed by atoms with van der Waals surface area (Å²) in [7, 11) is 1.56. The number of ether oxygens (including phenoxy) is 1. The van der Waals surface area contributed by atoms with Crippen LogP contribution in [-0.2, 0) is 9.59 Å². The molecule has 2 atom stereocenters. The van der Waals surface area contributed by atoms with Crippen molar-refractivity contribution in [1.82, 2.24) is 5.32 Å². The van der Waals surface area contributed by atoms with Crippen molar-refractivity contribution >= 4 is 17.5 Å². The zero-order valence-electron chi connectivity index (χ0n) is 12.2. The minimum atomic E-state index is -0.526. The van der Waals surface area contributed by atoms with Crippen LogP contribution in [0.2, 0.25) is 0 Å². The van der Waals surface area contributed by atoms with Gasteiger partial charge in [-0.25, -0.2) is 0 Å². The molecule has 2 rings (SSSR count). The number of nitrogens with one attached hydrogen (secondary N) is 1. The van der Waals surface area contributed by atoms with Gasteiger partial charge in [0.05, 0.1) is 12.8 Å². The minimum absolute atomic E-state index is 0.0105. The first-order valence-electron chi connectivity index (χ1n) is 6.73. The fourth-order valence-electron chi connectivity index (χ4n) is 2.52. The van der Waals surface area contributed by atoms with Crippen molar-refractivity contribution in [3.05, 3.63) is 24.3 Å². The molecule has 1 aromatic rings. The van der Waals surface area contributed by atoms with E-state index in [-0.39, 0.29) is 17.7 Å². The van der Waals surface area contributed by atoms with Crippen LogP contribution in [0.3, 0.4) is 0 Å². The monoisotopic (exact) mass is 276 g/mol. The molecule has 1 aromatic carbocycles. The fraction of sp³-hybridized carbons (Fsp3) is 0.467. The van der Waals surface area contributed by atoms with Crippen molar-refractivity contribution in [1.29, 1.82) is 0 Å². The van der Waals surface area contributed by atoms with Gasteiger partial charge in [-0.2, -0.15) is 0 Å². The Morgan fingerprint density at radius 2 is 1.90 bits per heavy atom. The van der Waals surface area contributed by atoms with E-state index in [0.717, 1.165) is 0 Å². The van der Waals surface area contributed by atoms with E-state index >= 15 is 0 Å². The number of carbonyl (C=O) groups excluding carboxylic acids is 2. The molecular formula is C15H20N2O3. The molecule has 1 aliphatic heterocycles. The molecule has 0 aliphatic carbocycles. The number of nitrogens with zero attached hydrogens (tertiary/aromatic N) is 1. The second-order valence-electron chi connectivity index (χ2n) is 5.30. The Balaban J connectivity index is 2.52. The lowest BCUT2D eigenvalue weighted by Crippen LogP contribution is -2.64. The Hall–Kier alpha value is -2.04. The largest absolute Gasteiger partial charge is 0.495 e. The maximum Gasteiger partial charge on any atom is 0.250 e. The smallest absolute Gasteiger partial charge is 0.250 e. The van der Waals surface area contributed by atoms with Crippen molar-refractivity contribution in [3.63, 3.8) is 0 Å². The first-order chi connectivity index (χ1) is 9.47. The molecule has 1 fully saturated rings. The standard InChI is InChI=1S/C15H20N2O3/c1-9(2)13-14(18)16-10(3)15(19)17(13)11-7-5-6-8-12(11)20-4/h5-10,13H,1-4H3,(H,16,18). The highest BCUT2D eigenvalue weighted by atomic mass is 16.5. The highest BCUT2D eigenvalue weighted by Crippen LogP contribution is 2.33. The third-order valence-electron chi connectivity index (χ3n) is 3.49. The van der Waals surface area contributed by atoms with E-state index in [1.807, 2.05) is 26.0 Å². The van der Waals surface area contributed by atoms with E-state index in [0.29, 0.717) is 11.4 Å². The van der Waals surface area contributed by atoms with E-state index in [1.165, 1.54) is 0 Å². The van der Waals surface area contributed by atoms with Gasteiger partial charge in [0.15, 0.2) is 0 Å². The quantitative estimate of drug-likeness (QED) is 0.911. The molecule has 1 saturated heterocycles. The number of para-hydroxylation sites is 2. The second kappa shape index (κ2) is 5.53. The lowest BCUT2D eigenvalue weighted by Gasteiger charge is -2.40. The maximum absolute atomic E-state index is 12.5. The van der Waals surface area contributed by atoms with Gasteiger partial charge in [-0.3, -0.25) is 14.5 Å². The van der Waals surface area contributed by atoms with Crippen molar-refractivity contribution in [2.24, 2.45) is 5.92 Å². The topological polar surface area (TPSA) is 58.6 Å². The van der Waals surface area contributed by atoms with E-state index < -0.39 is 12.1 Å². The van der Waals surface area contributed by atoms with E-state index in [2.05, 4.69) is 5.32 Å². The first kappa shape index (κ1) is 14.4. The Morgan fingerprint density at radius 3 is 2.50 bits per heavy atom. The molecule has 0 bridgehead atoms. The third kappa shape index (κ3) is 2.35. The normalized spacial score (nSPS) is 22.9. The lowest BCUT2D eigenvalue weighted by atomic mass is 9.96. The third-order valence-corrected chi connectivity index (χ3v) is 3.49. The number of anilines is 1. The number of hydrogen-bond acceptors (Lipinski definition) is 3. The number of hydrogen-bond donors (Lipinski definition) is 1. The van der Waals surface area contributed by atoms with Crippen molar-refractivity contribution < 1.29 is 14.3 Å². The van der Waals surface area contributed by atoms with Gasteiger partial charge < -0.3 is 10.1 Å². The Morgan fingerprint density at radius 1 is 1.25 bits per heavy atom. The number of piperazine rings is 1. The average Bonchev–Trinajstić information content (AvgIpc) is 2.42. The molecule has 2 amide bonds. The van der Waals surface area contributed by atoms with Gasteiger partial charge in [0.1, 0.15) is 17.8 Å².